The van der Waals surface area contributed by atoms with Crippen LogP contribution in [-0.4, -0.2) is 28.5 Å². The zero-order chi connectivity index (χ0) is 19.6. The van der Waals surface area contributed by atoms with Gasteiger partial charge in [0.1, 0.15) is 11.3 Å². The fourth-order valence-electron chi connectivity index (χ4n) is 2.49. The summed E-state index contributed by atoms with van der Waals surface area (Å²) in [5.41, 5.74) is 0.0691. The lowest BCUT2D eigenvalue weighted by Gasteiger charge is -2.09. The van der Waals surface area contributed by atoms with Crippen LogP contribution in [0.3, 0.4) is 0 Å². The number of fused-ring (bicyclic) bond motifs is 1. The van der Waals surface area contributed by atoms with Crippen molar-refractivity contribution in [2.45, 2.75) is 4.90 Å². The molecule has 2 aromatic carbocycles. The van der Waals surface area contributed by atoms with Crippen molar-refractivity contribution in [1.82, 2.24) is 4.72 Å². The van der Waals surface area contributed by atoms with Crippen molar-refractivity contribution in [2.75, 3.05) is 19.5 Å². The first kappa shape index (κ1) is 18.6. The number of hydrogen-bond acceptors (Lipinski definition) is 6. The van der Waals surface area contributed by atoms with Gasteiger partial charge in [-0.2, -0.15) is 0 Å². The van der Waals surface area contributed by atoms with E-state index < -0.39 is 21.6 Å². The molecule has 8 nitrogen and oxygen atoms in total. The number of ether oxygens (including phenoxy) is 1. The van der Waals surface area contributed by atoms with Gasteiger partial charge in [-0.1, -0.05) is 0 Å². The first-order valence-electron chi connectivity index (χ1n) is 7.81. The van der Waals surface area contributed by atoms with E-state index in [4.69, 9.17) is 9.15 Å². The highest BCUT2D eigenvalue weighted by molar-refractivity contribution is 7.89. The second kappa shape index (κ2) is 7.22. The quantitative estimate of drug-likeness (QED) is 0.646. The molecular formula is C18H16N2O6S. The third kappa shape index (κ3) is 3.83. The van der Waals surface area contributed by atoms with Crippen LogP contribution in [0.5, 0.6) is 5.75 Å². The Kier molecular flexibility index (Phi) is 4.98. The molecule has 0 atom stereocenters. The predicted octanol–water partition coefficient (Wildman–Crippen LogP) is 1.96. The molecular weight excluding hydrogens is 372 g/mol. The van der Waals surface area contributed by atoms with Gasteiger partial charge in [-0.05, 0) is 43.4 Å². The molecule has 0 bridgehead atoms. The number of carbonyl (C=O) groups excluding carboxylic acids is 1. The average molecular weight is 388 g/mol. The number of amides is 1. The van der Waals surface area contributed by atoms with Crippen molar-refractivity contribution >= 4 is 32.6 Å². The molecule has 0 aliphatic carbocycles. The molecule has 0 fully saturated rings. The molecule has 0 unspecified atom stereocenters. The average Bonchev–Trinajstić information content (AvgIpc) is 2.67. The van der Waals surface area contributed by atoms with Crippen LogP contribution in [0.25, 0.3) is 11.0 Å². The van der Waals surface area contributed by atoms with Crippen LogP contribution in [0.1, 0.15) is 10.4 Å². The third-order valence-electron chi connectivity index (χ3n) is 3.89. The monoisotopic (exact) mass is 388 g/mol. The smallest absolute Gasteiger partial charge is 0.337 e. The number of nitrogens with one attached hydrogen (secondary N) is 2. The van der Waals surface area contributed by atoms with Gasteiger partial charge in [-0.25, -0.2) is 17.9 Å². The van der Waals surface area contributed by atoms with E-state index in [1.54, 1.807) is 12.1 Å². The molecule has 0 saturated carbocycles. The topological polar surface area (TPSA) is 115 Å². The Morgan fingerprint density at radius 1 is 1.07 bits per heavy atom. The van der Waals surface area contributed by atoms with Crippen LogP contribution in [0, 0.1) is 0 Å². The van der Waals surface area contributed by atoms with Gasteiger partial charge in [0.25, 0.3) is 5.91 Å². The maximum absolute atomic E-state index is 12.6. The van der Waals surface area contributed by atoms with Gasteiger partial charge in [0.2, 0.25) is 10.0 Å². The molecule has 0 aliphatic heterocycles. The first-order valence-corrected chi connectivity index (χ1v) is 9.29. The van der Waals surface area contributed by atoms with Crippen molar-refractivity contribution in [1.29, 1.82) is 0 Å². The minimum atomic E-state index is -3.56. The van der Waals surface area contributed by atoms with E-state index in [0.717, 1.165) is 6.07 Å². The van der Waals surface area contributed by atoms with Crippen LogP contribution < -0.4 is 20.4 Å². The molecule has 0 saturated heterocycles. The fourth-order valence-corrected chi connectivity index (χ4v) is 3.22. The molecule has 9 heteroatoms. The molecule has 2 N–H and O–H groups in total. The Morgan fingerprint density at radius 2 is 1.78 bits per heavy atom. The summed E-state index contributed by atoms with van der Waals surface area (Å²) in [6.07, 6.45) is 0. The summed E-state index contributed by atoms with van der Waals surface area (Å²) < 4.78 is 35.9. The summed E-state index contributed by atoms with van der Waals surface area (Å²) in [4.78, 5) is 24.5. The van der Waals surface area contributed by atoms with Gasteiger partial charge in [-0.3, -0.25) is 4.79 Å². The van der Waals surface area contributed by atoms with Crippen LogP contribution in [0.2, 0.25) is 0 Å². The molecule has 3 rings (SSSR count). The predicted molar refractivity (Wildman–Crippen MR) is 99.7 cm³/mol. The summed E-state index contributed by atoms with van der Waals surface area (Å²) in [7, 11) is -0.773. The van der Waals surface area contributed by atoms with E-state index in [-0.39, 0.29) is 16.0 Å². The Bertz CT molecular complexity index is 1170. The molecule has 27 heavy (non-hydrogen) atoms. The highest BCUT2D eigenvalue weighted by atomic mass is 32.2. The summed E-state index contributed by atoms with van der Waals surface area (Å²) in [6, 6.07) is 11.5. The lowest BCUT2D eigenvalue weighted by molar-refractivity contribution is 0.102. The van der Waals surface area contributed by atoms with Gasteiger partial charge in [0.05, 0.1) is 17.6 Å². The molecule has 3 aromatic rings. The van der Waals surface area contributed by atoms with E-state index in [1.165, 1.54) is 44.5 Å². The van der Waals surface area contributed by atoms with Crippen LogP contribution in [0.4, 0.5) is 5.69 Å². The molecule has 140 valence electrons. The lowest BCUT2D eigenvalue weighted by Crippen LogP contribution is -2.18. The number of hydrogen-bond donors (Lipinski definition) is 2. The van der Waals surface area contributed by atoms with Crippen molar-refractivity contribution in [2.24, 2.45) is 0 Å². The zero-order valence-corrected chi connectivity index (χ0v) is 15.3. The molecule has 0 radical (unpaired) electrons. The highest BCUT2D eigenvalue weighted by Crippen LogP contribution is 2.23. The summed E-state index contributed by atoms with van der Waals surface area (Å²) in [5.74, 6) is -0.0353. The van der Waals surface area contributed by atoms with Crippen LogP contribution in [0.15, 0.2) is 62.6 Å². The molecule has 1 aromatic heterocycles. The van der Waals surface area contributed by atoms with Crippen molar-refractivity contribution in [3.8, 4) is 5.75 Å². The fraction of sp³-hybridized carbons (Fsp3) is 0.111. The molecule has 1 amide bonds. The number of carbonyl (C=O) groups is 1. The van der Waals surface area contributed by atoms with E-state index in [9.17, 15) is 18.0 Å². The first-order chi connectivity index (χ1) is 12.8. The van der Waals surface area contributed by atoms with E-state index in [0.29, 0.717) is 16.8 Å². The molecule has 0 spiro atoms. The van der Waals surface area contributed by atoms with Gasteiger partial charge in [-0.15, -0.1) is 0 Å². The SMILES string of the molecule is CNS(=O)(=O)c1ccc(NC(=O)c2cc(=O)oc3cc(OC)ccc23)cc1. The number of benzene rings is 2. The number of sulfonamides is 1. The van der Waals surface area contributed by atoms with E-state index in [1.807, 2.05) is 0 Å². The van der Waals surface area contributed by atoms with Gasteiger partial charge >= 0.3 is 5.63 Å². The maximum atomic E-state index is 12.6. The zero-order valence-electron chi connectivity index (χ0n) is 14.5. The lowest BCUT2D eigenvalue weighted by atomic mass is 10.1. The Hall–Kier alpha value is -3.17. The maximum Gasteiger partial charge on any atom is 0.337 e. The third-order valence-corrected chi connectivity index (χ3v) is 5.32. The van der Waals surface area contributed by atoms with E-state index >= 15 is 0 Å². The van der Waals surface area contributed by atoms with E-state index in [2.05, 4.69) is 10.0 Å². The number of anilines is 1. The Morgan fingerprint density at radius 3 is 2.41 bits per heavy atom. The largest absolute Gasteiger partial charge is 0.497 e. The van der Waals surface area contributed by atoms with Crippen molar-refractivity contribution in [3.05, 3.63) is 64.5 Å². The normalized spacial score (nSPS) is 11.3. The molecule has 1 heterocycles. The van der Waals surface area contributed by atoms with Crippen molar-refractivity contribution in [3.63, 3.8) is 0 Å². The standard InChI is InChI=1S/C18H16N2O6S/c1-19-27(23,24)13-6-3-11(4-7-13)20-18(22)15-10-17(21)26-16-9-12(25-2)5-8-14(15)16/h3-10,19H,1-2H3,(H,20,22). The van der Waals surface area contributed by atoms with Crippen molar-refractivity contribution < 1.29 is 22.4 Å². The summed E-state index contributed by atoms with van der Waals surface area (Å²) in [5, 5.41) is 3.08. The van der Waals surface area contributed by atoms with Crippen LogP contribution >= 0.6 is 0 Å². The summed E-state index contributed by atoms with van der Waals surface area (Å²) >= 11 is 0. The number of methoxy groups -OCH3 is 1. The number of rotatable bonds is 5. The second-order valence-electron chi connectivity index (χ2n) is 5.53. The van der Waals surface area contributed by atoms with Gasteiger partial charge in [0.15, 0.2) is 0 Å². The Balaban J connectivity index is 1.94. The van der Waals surface area contributed by atoms with Crippen LogP contribution in [-0.2, 0) is 10.0 Å². The minimum Gasteiger partial charge on any atom is -0.497 e. The minimum absolute atomic E-state index is 0.0703. The second-order valence-corrected chi connectivity index (χ2v) is 7.41. The highest BCUT2D eigenvalue weighted by Gasteiger charge is 2.15. The Labute approximate surface area is 154 Å². The van der Waals surface area contributed by atoms with Gasteiger partial charge in [0, 0.05) is 23.2 Å². The van der Waals surface area contributed by atoms with Gasteiger partial charge < -0.3 is 14.5 Å². The molecule has 0 aliphatic rings. The summed E-state index contributed by atoms with van der Waals surface area (Å²) in [6.45, 7) is 0.